The lowest BCUT2D eigenvalue weighted by molar-refractivity contribution is 0.0822. The molecule has 1 nitrogen and oxygen atoms in total. The highest BCUT2D eigenvalue weighted by molar-refractivity contribution is 4.81. The second kappa shape index (κ2) is 2.82. The molecule has 0 bridgehead atoms. The largest absolute Gasteiger partial charge is 0.303 e. The maximum atomic E-state index is 12.1. The molecule has 1 aliphatic rings. The van der Waals surface area contributed by atoms with Gasteiger partial charge in [-0.1, -0.05) is 0 Å². The van der Waals surface area contributed by atoms with E-state index in [0.717, 1.165) is 0 Å². The maximum absolute atomic E-state index is 12.1. The molecule has 0 spiro atoms. The average molecular weight is 149 g/mol. The first-order valence-corrected chi connectivity index (χ1v) is 3.59. The summed E-state index contributed by atoms with van der Waals surface area (Å²) in [6.45, 7) is 2.54. The van der Waals surface area contributed by atoms with Gasteiger partial charge in [-0.05, 0) is 20.4 Å². The van der Waals surface area contributed by atoms with Crippen LogP contribution in [0.25, 0.3) is 0 Å². The standard InChI is InChI=1S/C7H13F2N/c1-5-3-6(7(8)9)4-10(5)2/h5-7H,3-4H2,1-2H3/t5-,6?/m1/s1. The molecule has 3 heteroatoms. The fourth-order valence-electron chi connectivity index (χ4n) is 1.43. The van der Waals surface area contributed by atoms with Gasteiger partial charge in [0.2, 0.25) is 6.43 Å². The lowest BCUT2D eigenvalue weighted by Crippen LogP contribution is -2.22. The van der Waals surface area contributed by atoms with Crippen molar-refractivity contribution in [1.82, 2.24) is 4.90 Å². The van der Waals surface area contributed by atoms with Crippen LogP contribution in [0.1, 0.15) is 13.3 Å². The quantitative estimate of drug-likeness (QED) is 0.547. The van der Waals surface area contributed by atoms with Crippen LogP contribution in [-0.4, -0.2) is 31.0 Å². The van der Waals surface area contributed by atoms with Crippen molar-refractivity contribution in [2.24, 2.45) is 5.92 Å². The van der Waals surface area contributed by atoms with Crippen LogP contribution in [0.2, 0.25) is 0 Å². The third kappa shape index (κ3) is 1.45. The predicted octanol–water partition coefficient (Wildman–Crippen LogP) is 1.59. The Morgan fingerprint density at radius 2 is 2.10 bits per heavy atom. The SMILES string of the molecule is C[C@@H]1CC(C(F)F)CN1C. The van der Waals surface area contributed by atoms with E-state index in [1.807, 2.05) is 18.9 Å². The zero-order valence-corrected chi connectivity index (χ0v) is 6.35. The Bertz CT molecular complexity index is 106. The molecule has 10 heavy (non-hydrogen) atoms. The van der Waals surface area contributed by atoms with Gasteiger partial charge in [-0.3, -0.25) is 0 Å². The van der Waals surface area contributed by atoms with Crippen LogP contribution in [0.15, 0.2) is 0 Å². The molecule has 1 aliphatic heterocycles. The number of likely N-dealkylation sites (tertiary alicyclic amines) is 1. The Balaban J connectivity index is 2.41. The molecular formula is C7H13F2N. The van der Waals surface area contributed by atoms with Gasteiger partial charge in [-0.15, -0.1) is 0 Å². The van der Waals surface area contributed by atoms with Crippen molar-refractivity contribution < 1.29 is 8.78 Å². The highest BCUT2D eigenvalue weighted by Gasteiger charge is 2.31. The van der Waals surface area contributed by atoms with Crippen molar-refractivity contribution in [3.8, 4) is 0 Å². The van der Waals surface area contributed by atoms with Crippen LogP contribution in [-0.2, 0) is 0 Å². The normalized spacial score (nSPS) is 35.7. The summed E-state index contributed by atoms with van der Waals surface area (Å²) in [4.78, 5) is 1.98. The lowest BCUT2D eigenvalue weighted by Gasteiger charge is -2.12. The number of hydrogen-bond acceptors (Lipinski definition) is 1. The van der Waals surface area contributed by atoms with Gasteiger partial charge in [0.05, 0.1) is 0 Å². The molecule has 0 aromatic rings. The highest BCUT2D eigenvalue weighted by Crippen LogP contribution is 2.25. The highest BCUT2D eigenvalue weighted by atomic mass is 19.3. The second-order valence-corrected chi connectivity index (χ2v) is 3.12. The van der Waals surface area contributed by atoms with Crippen molar-refractivity contribution in [3.05, 3.63) is 0 Å². The monoisotopic (exact) mass is 149 g/mol. The number of halogens is 2. The summed E-state index contributed by atoms with van der Waals surface area (Å²) in [5.74, 6) is -0.389. The van der Waals surface area contributed by atoms with E-state index in [9.17, 15) is 8.78 Å². The Morgan fingerprint density at radius 1 is 1.50 bits per heavy atom. The van der Waals surface area contributed by atoms with Crippen LogP contribution >= 0.6 is 0 Å². The molecule has 0 saturated carbocycles. The summed E-state index contributed by atoms with van der Waals surface area (Å²) in [5.41, 5.74) is 0. The summed E-state index contributed by atoms with van der Waals surface area (Å²) >= 11 is 0. The predicted molar refractivity (Wildman–Crippen MR) is 36.2 cm³/mol. The molecule has 0 amide bonds. The van der Waals surface area contributed by atoms with Crippen LogP contribution in [0.3, 0.4) is 0 Å². The Labute approximate surface area is 60.0 Å². The summed E-state index contributed by atoms with van der Waals surface area (Å²) < 4.78 is 24.1. The van der Waals surface area contributed by atoms with Crippen molar-refractivity contribution >= 4 is 0 Å². The first kappa shape index (κ1) is 7.92. The van der Waals surface area contributed by atoms with Crippen molar-refractivity contribution in [2.45, 2.75) is 25.8 Å². The third-order valence-corrected chi connectivity index (χ3v) is 2.28. The number of alkyl halides is 2. The van der Waals surface area contributed by atoms with E-state index >= 15 is 0 Å². The molecule has 1 fully saturated rings. The van der Waals surface area contributed by atoms with Crippen molar-refractivity contribution in [2.75, 3.05) is 13.6 Å². The van der Waals surface area contributed by atoms with Crippen LogP contribution in [0, 0.1) is 5.92 Å². The van der Waals surface area contributed by atoms with Crippen LogP contribution in [0.5, 0.6) is 0 Å². The average Bonchev–Trinajstić information content (AvgIpc) is 2.13. The van der Waals surface area contributed by atoms with E-state index < -0.39 is 6.43 Å². The minimum absolute atomic E-state index is 0.332. The van der Waals surface area contributed by atoms with Gasteiger partial charge in [0.1, 0.15) is 0 Å². The second-order valence-electron chi connectivity index (χ2n) is 3.12. The molecule has 0 aromatic heterocycles. The molecule has 60 valence electrons. The summed E-state index contributed by atoms with van der Waals surface area (Å²) in [6, 6.07) is 0.332. The van der Waals surface area contributed by atoms with Gasteiger partial charge >= 0.3 is 0 Å². The van der Waals surface area contributed by atoms with E-state index in [2.05, 4.69) is 0 Å². The Kier molecular flexibility index (Phi) is 2.24. The van der Waals surface area contributed by atoms with Gasteiger partial charge in [-0.25, -0.2) is 8.78 Å². The fourth-order valence-corrected chi connectivity index (χ4v) is 1.43. The van der Waals surface area contributed by atoms with Gasteiger partial charge in [-0.2, -0.15) is 0 Å². The van der Waals surface area contributed by atoms with Crippen LogP contribution < -0.4 is 0 Å². The molecule has 1 rings (SSSR count). The maximum Gasteiger partial charge on any atom is 0.242 e. The topological polar surface area (TPSA) is 3.24 Å². The van der Waals surface area contributed by atoms with E-state index in [-0.39, 0.29) is 5.92 Å². The molecule has 0 aromatic carbocycles. The number of hydrogen-bond donors (Lipinski definition) is 0. The lowest BCUT2D eigenvalue weighted by atomic mass is 10.1. The molecule has 0 N–H and O–H groups in total. The van der Waals surface area contributed by atoms with Gasteiger partial charge in [0.25, 0.3) is 0 Å². The molecule has 1 unspecified atom stereocenters. The molecule has 1 heterocycles. The fraction of sp³-hybridized carbons (Fsp3) is 1.00. The minimum Gasteiger partial charge on any atom is -0.303 e. The van der Waals surface area contributed by atoms with E-state index in [0.29, 0.717) is 19.0 Å². The molecule has 0 radical (unpaired) electrons. The summed E-state index contributed by atoms with van der Waals surface area (Å²) in [7, 11) is 1.90. The number of rotatable bonds is 1. The zero-order chi connectivity index (χ0) is 7.72. The zero-order valence-electron chi connectivity index (χ0n) is 6.35. The Morgan fingerprint density at radius 3 is 2.30 bits per heavy atom. The molecular weight excluding hydrogens is 136 g/mol. The van der Waals surface area contributed by atoms with Crippen molar-refractivity contribution in [3.63, 3.8) is 0 Å². The summed E-state index contributed by atoms with van der Waals surface area (Å²) in [6.07, 6.45) is -1.49. The molecule has 2 atom stereocenters. The Hall–Kier alpha value is -0.180. The van der Waals surface area contributed by atoms with E-state index in [4.69, 9.17) is 0 Å². The van der Waals surface area contributed by atoms with E-state index in [1.54, 1.807) is 0 Å². The first-order valence-electron chi connectivity index (χ1n) is 3.59. The van der Waals surface area contributed by atoms with Gasteiger partial charge in [0, 0.05) is 18.5 Å². The first-order chi connectivity index (χ1) is 4.61. The van der Waals surface area contributed by atoms with Gasteiger partial charge in [0.15, 0.2) is 0 Å². The van der Waals surface area contributed by atoms with Crippen LogP contribution in [0.4, 0.5) is 8.78 Å². The molecule has 1 saturated heterocycles. The molecule has 0 aliphatic carbocycles. The smallest absolute Gasteiger partial charge is 0.242 e. The number of nitrogens with zero attached hydrogens (tertiary/aromatic N) is 1. The van der Waals surface area contributed by atoms with Crippen molar-refractivity contribution in [1.29, 1.82) is 0 Å². The summed E-state index contributed by atoms with van der Waals surface area (Å²) in [5, 5.41) is 0. The third-order valence-electron chi connectivity index (χ3n) is 2.28. The van der Waals surface area contributed by atoms with E-state index in [1.165, 1.54) is 0 Å². The van der Waals surface area contributed by atoms with Gasteiger partial charge < -0.3 is 4.90 Å². The minimum atomic E-state index is -2.13.